The Morgan fingerprint density at radius 1 is 1.53 bits per heavy atom. The van der Waals surface area contributed by atoms with Gasteiger partial charge in [0.25, 0.3) is 5.91 Å². The second-order valence-electron chi connectivity index (χ2n) is 5.58. The van der Waals surface area contributed by atoms with Gasteiger partial charge in [0.1, 0.15) is 0 Å². The highest BCUT2D eigenvalue weighted by Crippen LogP contribution is 2.29. The Morgan fingerprint density at radius 3 is 2.76 bits per heavy atom. The van der Waals surface area contributed by atoms with Gasteiger partial charge < -0.3 is 10.6 Å². The van der Waals surface area contributed by atoms with Crippen LogP contribution in [0.3, 0.4) is 0 Å². The van der Waals surface area contributed by atoms with Crippen molar-refractivity contribution in [2.45, 2.75) is 33.2 Å². The van der Waals surface area contributed by atoms with E-state index in [1.54, 1.807) is 11.3 Å². The molecule has 1 aliphatic heterocycles. The lowest BCUT2D eigenvalue weighted by Gasteiger charge is -2.42. The second kappa shape index (κ2) is 4.42. The maximum Gasteiger partial charge on any atom is 0.254 e. The molecule has 0 spiro atoms. The molecular weight excluding hydrogens is 232 g/mol. The summed E-state index contributed by atoms with van der Waals surface area (Å²) in [4.78, 5) is 14.3. The summed E-state index contributed by atoms with van der Waals surface area (Å²) in [7, 11) is 0. The fourth-order valence-corrected chi connectivity index (χ4v) is 3.12. The molecule has 0 radical (unpaired) electrons. The molecule has 2 heterocycles. The van der Waals surface area contributed by atoms with Crippen LogP contribution in [-0.4, -0.2) is 29.9 Å². The van der Waals surface area contributed by atoms with E-state index in [4.69, 9.17) is 5.73 Å². The second-order valence-corrected chi connectivity index (χ2v) is 6.32. The lowest BCUT2D eigenvalue weighted by atomic mass is 9.79. The van der Waals surface area contributed by atoms with Gasteiger partial charge in [0, 0.05) is 24.5 Å². The van der Waals surface area contributed by atoms with Crippen molar-refractivity contribution >= 4 is 17.2 Å². The van der Waals surface area contributed by atoms with E-state index < -0.39 is 0 Å². The number of likely N-dealkylation sites (tertiary alicyclic amines) is 1. The normalized spacial score (nSPS) is 23.8. The number of rotatable bonds is 1. The molecule has 4 heteroatoms. The van der Waals surface area contributed by atoms with Crippen LogP contribution < -0.4 is 5.73 Å². The highest BCUT2D eigenvalue weighted by molar-refractivity contribution is 7.08. The number of hydrogen-bond donors (Lipinski definition) is 1. The van der Waals surface area contributed by atoms with Crippen LogP contribution in [0.2, 0.25) is 0 Å². The van der Waals surface area contributed by atoms with Crippen LogP contribution in [0.25, 0.3) is 0 Å². The first-order valence-electron chi connectivity index (χ1n) is 5.99. The maximum absolute atomic E-state index is 12.4. The topological polar surface area (TPSA) is 46.3 Å². The Kier molecular flexibility index (Phi) is 3.27. The molecule has 1 aromatic rings. The van der Waals surface area contributed by atoms with E-state index >= 15 is 0 Å². The van der Waals surface area contributed by atoms with Gasteiger partial charge >= 0.3 is 0 Å². The lowest BCUT2D eigenvalue weighted by Crippen LogP contribution is -2.54. The van der Waals surface area contributed by atoms with Gasteiger partial charge in [-0.05, 0) is 29.7 Å². The summed E-state index contributed by atoms with van der Waals surface area (Å²) in [6.45, 7) is 7.79. The van der Waals surface area contributed by atoms with Crippen molar-refractivity contribution in [3.05, 3.63) is 21.9 Å². The van der Waals surface area contributed by atoms with E-state index in [1.807, 2.05) is 22.6 Å². The molecule has 0 aromatic carbocycles. The Hall–Kier alpha value is -0.870. The Labute approximate surface area is 107 Å². The molecule has 1 saturated heterocycles. The van der Waals surface area contributed by atoms with Crippen molar-refractivity contribution in [2.24, 2.45) is 11.1 Å². The molecule has 1 aromatic heterocycles. The number of nitrogens with zero attached hydrogens (tertiary/aromatic N) is 1. The van der Waals surface area contributed by atoms with E-state index in [0.717, 1.165) is 30.6 Å². The number of carbonyl (C=O) groups is 1. The first-order chi connectivity index (χ1) is 7.92. The molecule has 17 heavy (non-hydrogen) atoms. The number of aryl methyl sites for hydroxylation is 1. The number of amides is 1. The predicted octanol–water partition coefficient (Wildman–Crippen LogP) is 2.26. The Bertz CT molecular complexity index is 425. The third kappa shape index (κ3) is 2.38. The van der Waals surface area contributed by atoms with Crippen molar-refractivity contribution in [3.8, 4) is 0 Å². The molecule has 0 bridgehead atoms. The first-order valence-corrected chi connectivity index (χ1v) is 6.94. The van der Waals surface area contributed by atoms with Gasteiger partial charge in [-0.15, -0.1) is 0 Å². The van der Waals surface area contributed by atoms with Gasteiger partial charge in [0.2, 0.25) is 0 Å². The highest BCUT2D eigenvalue weighted by atomic mass is 32.1. The summed E-state index contributed by atoms with van der Waals surface area (Å²) in [6, 6.07) is 0.190. The largest absolute Gasteiger partial charge is 0.338 e. The molecular formula is C13H20N2OS. The average molecular weight is 252 g/mol. The SMILES string of the molecule is Cc1cscc1C(=O)N1CCC(N)C(C)(C)C1. The fourth-order valence-electron chi connectivity index (χ4n) is 2.30. The van der Waals surface area contributed by atoms with Crippen molar-refractivity contribution < 1.29 is 4.79 Å². The minimum absolute atomic E-state index is 0.0117. The van der Waals surface area contributed by atoms with Crippen LogP contribution in [-0.2, 0) is 0 Å². The van der Waals surface area contributed by atoms with E-state index in [-0.39, 0.29) is 17.4 Å². The van der Waals surface area contributed by atoms with E-state index in [9.17, 15) is 4.79 Å². The van der Waals surface area contributed by atoms with Crippen LogP contribution in [0.5, 0.6) is 0 Å². The highest BCUT2D eigenvalue weighted by Gasteiger charge is 2.35. The van der Waals surface area contributed by atoms with Crippen molar-refractivity contribution in [1.82, 2.24) is 4.90 Å². The van der Waals surface area contributed by atoms with Gasteiger partial charge in [-0.25, -0.2) is 0 Å². The summed E-state index contributed by atoms with van der Waals surface area (Å²) < 4.78 is 0. The van der Waals surface area contributed by atoms with Crippen LogP contribution >= 0.6 is 11.3 Å². The predicted molar refractivity (Wildman–Crippen MR) is 71.3 cm³/mol. The lowest BCUT2D eigenvalue weighted by molar-refractivity contribution is 0.0533. The summed E-state index contributed by atoms with van der Waals surface area (Å²) in [5.74, 6) is 0.156. The van der Waals surface area contributed by atoms with Crippen LogP contribution in [0.1, 0.15) is 36.2 Å². The monoisotopic (exact) mass is 252 g/mol. The molecule has 94 valence electrons. The number of carbonyl (C=O) groups excluding carboxylic acids is 1. The van der Waals surface area contributed by atoms with Crippen LogP contribution in [0, 0.1) is 12.3 Å². The quantitative estimate of drug-likeness (QED) is 0.833. The summed E-state index contributed by atoms with van der Waals surface area (Å²) in [5, 5.41) is 3.97. The molecule has 2 N–H and O–H groups in total. The summed E-state index contributed by atoms with van der Waals surface area (Å²) in [5.41, 5.74) is 8.02. The maximum atomic E-state index is 12.4. The zero-order chi connectivity index (χ0) is 12.6. The summed E-state index contributed by atoms with van der Waals surface area (Å²) >= 11 is 1.59. The molecule has 1 fully saturated rings. The van der Waals surface area contributed by atoms with Crippen LogP contribution in [0.4, 0.5) is 0 Å². The molecule has 1 aliphatic rings. The van der Waals surface area contributed by atoms with Gasteiger partial charge in [-0.1, -0.05) is 13.8 Å². The zero-order valence-electron chi connectivity index (χ0n) is 10.7. The standard InChI is InChI=1S/C13H20N2OS/c1-9-6-17-7-10(9)12(16)15-5-4-11(14)13(2,3)8-15/h6-7,11H,4-5,8,14H2,1-3H3. The minimum Gasteiger partial charge on any atom is -0.338 e. The van der Waals surface area contributed by atoms with Gasteiger partial charge in [-0.3, -0.25) is 4.79 Å². The smallest absolute Gasteiger partial charge is 0.254 e. The molecule has 1 unspecified atom stereocenters. The molecule has 1 amide bonds. The first kappa shape index (κ1) is 12.6. The number of hydrogen-bond acceptors (Lipinski definition) is 3. The van der Waals surface area contributed by atoms with Crippen molar-refractivity contribution in [2.75, 3.05) is 13.1 Å². The third-order valence-electron chi connectivity index (χ3n) is 3.69. The molecule has 0 saturated carbocycles. The van der Waals surface area contributed by atoms with Gasteiger partial charge in [0.15, 0.2) is 0 Å². The van der Waals surface area contributed by atoms with E-state index in [2.05, 4.69) is 13.8 Å². The van der Waals surface area contributed by atoms with Crippen LogP contribution in [0.15, 0.2) is 10.8 Å². The van der Waals surface area contributed by atoms with Crippen molar-refractivity contribution in [3.63, 3.8) is 0 Å². The number of nitrogens with two attached hydrogens (primary N) is 1. The molecule has 1 atom stereocenters. The molecule has 3 nitrogen and oxygen atoms in total. The third-order valence-corrected chi connectivity index (χ3v) is 4.55. The molecule has 0 aliphatic carbocycles. The minimum atomic E-state index is 0.0117. The number of piperidine rings is 1. The van der Waals surface area contributed by atoms with E-state index in [0.29, 0.717) is 0 Å². The number of thiophene rings is 1. The zero-order valence-corrected chi connectivity index (χ0v) is 11.5. The van der Waals surface area contributed by atoms with Gasteiger partial charge in [-0.2, -0.15) is 11.3 Å². The summed E-state index contributed by atoms with van der Waals surface area (Å²) in [6.07, 6.45) is 0.891. The Balaban J connectivity index is 2.15. The van der Waals surface area contributed by atoms with Crippen molar-refractivity contribution in [1.29, 1.82) is 0 Å². The Morgan fingerprint density at radius 2 is 2.24 bits per heavy atom. The fraction of sp³-hybridized carbons (Fsp3) is 0.615. The average Bonchev–Trinajstić information content (AvgIpc) is 2.67. The van der Waals surface area contributed by atoms with E-state index in [1.165, 1.54) is 0 Å². The van der Waals surface area contributed by atoms with Gasteiger partial charge in [0.05, 0.1) is 5.56 Å². The molecule has 2 rings (SSSR count).